The van der Waals surface area contributed by atoms with E-state index in [1.54, 1.807) is 6.26 Å². The van der Waals surface area contributed by atoms with Crippen LogP contribution in [0, 0.1) is 0 Å². The Balaban J connectivity index is 2.12. The fourth-order valence-electron chi connectivity index (χ4n) is 1.50. The van der Waals surface area contributed by atoms with Crippen molar-refractivity contribution < 1.29 is 9.00 Å². The van der Waals surface area contributed by atoms with E-state index in [4.69, 9.17) is 0 Å². The molecule has 16 heavy (non-hydrogen) atoms. The molecule has 0 radical (unpaired) electrons. The van der Waals surface area contributed by atoms with Gasteiger partial charge in [-0.1, -0.05) is 0 Å². The summed E-state index contributed by atoms with van der Waals surface area (Å²) in [4.78, 5) is 13.5. The van der Waals surface area contributed by atoms with Gasteiger partial charge in [0.2, 0.25) is 5.91 Å². The van der Waals surface area contributed by atoms with Crippen LogP contribution in [0.1, 0.15) is 26.2 Å². The Morgan fingerprint density at radius 2 is 2.19 bits per heavy atom. The van der Waals surface area contributed by atoms with Gasteiger partial charge in [0.05, 0.1) is 6.54 Å². The molecule has 0 saturated heterocycles. The minimum Gasteiger partial charge on any atom is -0.342 e. The van der Waals surface area contributed by atoms with Crippen LogP contribution < -0.4 is 5.32 Å². The second-order valence-corrected chi connectivity index (χ2v) is 6.14. The van der Waals surface area contributed by atoms with Crippen molar-refractivity contribution in [2.75, 3.05) is 25.6 Å². The van der Waals surface area contributed by atoms with Gasteiger partial charge in [-0.3, -0.25) is 9.00 Å². The van der Waals surface area contributed by atoms with Crippen molar-refractivity contribution in [2.45, 2.75) is 38.3 Å². The topological polar surface area (TPSA) is 49.4 Å². The maximum Gasteiger partial charge on any atom is 0.236 e. The van der Waals surface area contributed by atoms with Gasteiger partial charge in [0.15, 0.2) is 0 Å². The van der Waals surface area contributed by atoms with Crippen molar-refractivity contribution in [2.24, 2.45) is 0 Å². The van der Waals surface area contributed by atoms with Crippen LogP contribution in [0.2, 0.25) is 0 Å². The quantitative estimate of drug-likeness (QED) is 0.705. The van der Waals surface area contributed by atoms with Gasteiger partial charge in [0.25, 0.3) is 0 Å². The molecule has 0 heterocycles. The van der Waals surface area contributed by atoms with Gasteiger partial charge in [-0.15, -0.1) is 0 Å². The van der Waals surface area contributed by atoms with Crippen molar-refractivity contribution >= 4 is 16.7 Å². The summed E-state index contributed by atoms with van der Waals surface area (Å²) in [6.07, 6.45) is 4.85. The summed E-state index contributed by atoms with van der Waals surface area (Å²) in [5.41, 5.74) is 0. The highest BCUT2D eigenvalue weighted by Crippen LogP contribution is 2.25. The average molecular weight is 246 g/mol. The predicted octanol–water partition coefficient (Wildman–Crippen LogP) is 0.354. The molecule has 1 rings (SSSR count). The van der Waals surface area contributed by atoms with E-state index in [-0.39, 0.29) is 11.9 Å². The largest absolute Gasteiger partial charge is 0.342 e. The Labute approximate surface area is 100 Å². The molecule has 1 aliphatic rings. The lowest BCUT2D eigenvalue weighted by Crippen LogP contribution is -2.40. The average Bonchev–Trinajstić information content (AvgIpc) is 3.05. The number of carbonyl (C=O) groups excluding carboxylic acids is 1. The lowest BCUT2D eigenvalue weighted by molar-refractivity contribution is -0.129. The number of nitrogens with zero attached hydrogens (tertiary/aromatic N) is 1. The van der Waals surface area contributed by atoms with Gasteiger partial charge in [-0.05, 0) is 26.2 Å². The van der Waals surface area contributed by atoms with Crippen molar-refractivity contribution in [3.05, 3.63) is 0 Å². The fourth-order valence-corrected chi connectivity index (χ4v) is 2.18. The third kappa shape index (κ3) is 5.07. The van der Waals surface area contributed by atoms with E-state index in [0.717, 1.165) is 19.3 Å². The highest BCUT2D eigenvalue weighted by atomic mass is 32.2. The van der Waals surface area contributed by atoms with Crippen LogP contribution in [0.3, 0.4) is 0 Å². The third-order valence-corrected chi connectivity index (χ3v) is 3.74. The Morgan fingerprint density at radius 3 is 2.69 bits per heavy atom. The van der Waals surface area contributed by atoms with Crippen LogP contribution in [0.25, 0.3) is 0 Å². The molecule has 1 saturated carbocycles. The monoisotopic (exact) mass is 246 g/mol. The van der Waals surface area contributed by atoms with Crippen molar-refractivity contribution in [1.82, 2.24) is 10.2 Å². The number of amides is 1. The molecule has 1 fully saturated rings. The molecular weight excluding hydrogens is 224 g/mol. The highest BCUT2D eigenvalue weighted by molar-refractivity contribution is 7.84. The summed E-state index contributed by atoms with van der Waals surface area (Å²) in [6.45, 7) is 2.42. The van der Waals surface area contributed by atoms with E-state index in [0.29, 0.717) is 18.3 Å². The third-order valence-electron chi connectivity index (χ3n) is 2.93. The first-order valence-electron chi connectivity index (χ1n) is 5.79. The number of carbonyl (C=O) groups is 1. The summed E-state index contributed by atoms with van der Waals surface area (Å²) in [5.74, 6) is 0.854. The molecule has 4 nitrogen and oxygen atoms in total. The molecule has 94 valence electrons. The summed E-state index contributed by atoms with van der Waals surface area (Å²) < 4.78 is 10.9. The van der Waals surface area contributed by atoms with Gasteiger partial charge in [-0.25, -0.2) is 0 Å². The Kier molecular flexibility index (Phi) is 5.41. The summed E-state index contributed by atoms with van der Waals surface area (Å²) in [7, 11) is 1.13. The molecule has 5 heteroatoms. The first-order valence-corrected chi connectivity index (χ1v) is 7.52. The van der Waals surface area contributed by atoms with Crippen LogP contribution in [0.5, 0.6) is 0 Å². The lowest BCUT2D eigenvalue weighted by Gasteiger charge is -2.18. The molecule has 0 aromatic carbocycles. The van der Waals surface area contributed by atoms with E-state index in [1.807, 2.05) is 18.9 Å². The minimum atomic E-state index is -0.742. The van der Waals surface area contributed by atoms with E-state index in [9.17, 15) is 9.00 Å². The lowest BCUT2D eigenvalue weighted by atomic mass is 10.2. The molecule has 1 amide bonds. The summed E-state index contributed by atoms with van der Waals surface area (Å²) >= 11 is 0. The first kappa shape index (κ1) is 13.6. The molecule has 1 N–H and O–H groups in total. The van der Waals surface area contributed by atoms with E-state index in [2.05, 4.69) is 5.32 Å². The number of nitrogens with one attached hydrogen (secondary N) is 1. The molecule has 0 aromatic rings. The van der Waals surface area contributed by atoms with Crippen LogP contribution in [-0.2, 0) is 15.6 Å². The predicted molar refractivity (Wildman–Crippen MR) is 66.8 cm³/mol. The van der Waals surface area contributed by atoms with Crippen molar-refractivity contribution in [3.8, 4) is 0 Å². The van der Waals surface area contributed by atoms with E-state index >= 15 is 0 Å². The van der Waals surface area contributed by atoms with Gasteiger partial charge in [0.1, 0.15) is 0 Å². The van der Waals surface area contributed by atoms with Crippen LogP contribution in [0.4, 0.5) is 0 Å². The van der Waals surface area contributed by atoms with E-state index in [1.165, 1.54) is 0 Å². The summed E-state index contributed by atoms with van der Waals surface area (Å²) in [5, 5.41) is 3.18. The zero-order valence-corrected chi connectivity index (χ0v) is 11.2. The smallest absolute Gasteiger partial charge is 0.236 e. The zero-order valence-electron chi connectivity index (χ0n) is 10.4. The molecule has 2 unspecified atom stereocenters. The van der Waals surface area contributed by atoms with Gasteiger partial charge in [0, 0.05) is 41.9 Å². The number of likely N-dealkylation sites (N-methyl/N-ethyl adjacent to an activating group) is 1. The maximum absolute atomic E-state index is 11.7. The number of rotatable bonds is 7. The van der Waals surface area contributed by atoms with Gasteiger partial charge >= 0.3 is 0 Å². The SMILES string of the molecule is CC(CCS(C)=O)NCC(=O)N(C)C1CC1. The van der Waals surface area contributed by atoms with Crippen molar-refractivity contribution in [3.63, 3.8) is 0 Å². The number of hydrogen-bond donors (Lipinski definition) is 1. The minimum absolute atomic E-state index is 0.159. The Bertz CT molecular complexity index is 267. The standard InChI is InChI=1S/C11H22N2O2S/c1-9(6-7-16(3)15)12-8-11(14)13(2)10-4-5-10/h9-10,12H,4-8H2,1-3H3. The molecule has 1 aliphatic carbocycles. The van der Waals surface area contributed by atoms with Gasteiger partial charge < -0.3 is 10.2 Å². The van der Waals surface area contributed by atoms with Crippen LogP contribution in [0.15, 0.2) is 0 Å². The second-order valence-electron chi connectivity index (χ2n) is 4.58. The second kappa shape index (κ2) is 6.35. The Hall–Kier alpha value is -0.420. The molecular formula is C11H22N2O2S. The first-order chi connectivity index (χ1) is 7.50. The highest BCUT2D eigenvalue weighted by Gasteiger charge is 2.29. The molecule has 0 aliphatic heterocycles. The normalized spacial score (nSPS) is 19.2. The van der Waals surface area contributed by atoms with Gasteiger partial charge in [-0.2, -0.15) is 0 Å². The number of hydrogen-bond acceptors (Lipinski definition) is 3. The van der Waals surface area contributed by atoms with E-state index < -0.39 is 10.8 Å². The molecule has 0 spiro atoms. The molecule has 2 atom stereocenters. The van der Waals surface area contributed by atoms with Crippen LogP contribution >= 0.6 is 0 Å². The fraction of sp³-hybridized carbons (Fsp3) is 0.909. The Morgan fingerprint density at radius 1 is 1.56 bits per heavy atom. The summed E-state index contributed by atoms with van der Waals surface area (Å²) in [6, 6.07) is 0.730. The van der Waals surface area contributed by atoms with Crippen molar-refractivity contribution in [1.29, 1.82) is 0 Å². The maximum atomic E-state index is 11.7. The zero-order chi connectivity index (χ0) is 12.1. The van der Waals surface area contributed by atoms with Crippen LogP contribution in [-0.4, -0.2) is 52.7 Å². The molecule has 0 bridgehead atoms. The molecule has 0 aromatic heterocycles.